The molecule has 4 aliphatic carbocycles. The number of rotatable bonds is 43. The second kappa shape index (κ2) is 36.8. The van der Waals surface area contributed by atoms with Crippen LogP contribution >= 0.6 is 0 Å². The average Bonchev–Trinajstić information content (AvgIpc) is 3.64. The van der Waals surface area contributed by atoms with Gasteiger partial charge >= 0.3 is 5.97 Å². The minimum atomic E-state index is 0.00967. The Morgan fingerprint density at radius 3 is 1.69 bits per heavy atom. The molecule has 0 radical (unpaired) electrons. The van der Waals surface area contributed by atoms with Gasteiger partial charge in [-0.2, -0.15) is 0 Å². The smallest absolute Gasteiger partial charge is 0.306 e. The Morgan fingerprint density at radius 2 is 1.15 bits per heavy atom. The molecule has 0 saturated heterocycles. The molecular formula is C67H123NO3. The van der Waals surface area contributed by atoms with Crippen LogP contribution in [0.3, 0.4) is 0 Å². The van der Waals surface area contributed by atoms with Crippen molar-refractivity contribution in [1.29, 1.82) is 0 Å². The maximum Gasteiger partial charge on any atom is 0.306 e. The zero-order valence-corrected chi connectivity index (χ0v) is 48.9. The normalized spacial score (nSPS) is 25.6. The first-order valence-corrected chi connectivity index (χ1v) is 32.6. The number of esters is 1. The topological polar surface area (TPSA) is 49.8 Å². The lowest BCUT2D eigenvalue weighted by Crippen LogP contribution is -2.48. The van der Waals surface area contributed by atoms with E-state index >= 15 is 0 Å². The summed E-state index contributed by atoms with van der Waals surface area (Å²) < 4.78 is 6.31. The zero-order chi connectivity index (χ0) is 51.0. The number of ether oxygens (including phenoxy) is 1. The third kappa shape index (κ3) is 22.6. The molecule has 1 N–H and O–H groups in total. The Kier molecular flexibility index (Phi) is 32.4. The Morgan fingerprint density at radius 1 is 0.620 bits per heavy atom. The monoisotopic (exact) mass is 990 g/mol. The molecule has 0 aromatic heterocycles. The van der Waals surface area contributed by atoms with Crippen molar-refractivity contribution < 1.29 is 14.6 Å². The molecule has 4 heteroatoms. The van der Waals surface area contributed by atoms with Gasteiger partial charge in [-0.05, 0) is 135 Å². The van der Waals surface area contributed by atoms with E-state index in [1.165, 1.54) is 237 Å². The first-order chi connectivity index (χ1) is 34.6. The van der Waals surface area contributed by atoms with Crippen LogP contribution in [0.1, 0.15) is 325 Å². The van der Waals surface area contributed by atoms with Gasteiger partial charge in [-0.15, -0.1) is 5.73 Å². The van der Waals surface area contributed by atoms with Gasteiger partial charge in [0.1, 0.15) is 6.10 Å². The van der Waals surface area contributed by atoms with E-state index in [0.29, 0.717) is 17.9 Å². The van der Waals surface area contributed by atoms with Crippen molar-refractivity contribution in [2.75, 3.05) is 19.7 Å². The van der Waals surface area contributed by atoms with E-state index in [9.17, 15) is 9.90 Å². The Hall–Kier alpha value is -1.09. The fourth-order valence-corrected chi connectivity index (χ4v) is 15.6. The largest absolute Gasteiger partial charge is 0.462 e. The molecule has 4 aliphatic rings. The van der Waals surface area contributed by atoms with E-state index in [0.717, 1.165) is 87.1 Å². The van der Waals surface area contributed by atoms with Crippen LogP contribution in [-0.4, -0.2) is 47.8 Å². The molecule has 0 bridgehead atoms. The van der Waals surface area contributed by atoms with Gasteiger partial charge in [0.15, 0.2) is 0 Å². The molecule has 0 aliphatic heterocycles. The molecular weight excluding hydrogens is 867 g/mol. The average molecular weight is 991 g/mol. The molecule has 8 unspecified atom stereocenters. The van der Waals surface area contributed by atoms with Gasteiger partial charge in [0, 0.05) is 25.4 Å². The summed E-state index contributed by atoms with van der Waals surface area (Å²) >= 11 is 0. The quantitative estimate of drug-likeness (QED) is 0.0376. The van der Waals surface area contributed by atoms with Gasteiger partial charge in [-0.3, -0.25) is 9.69 Å². The second-order valence-electron chi connectivity index (χ2n) is 26.0. The predicted octanol–water partition coefficient (Wildman–Crippen LogP) is 20.3. The van der Waals surface area contributed by atoms with Crippen molar-refractivity contribution in [3.05, 3.63) is 17.4 Å². The van der Waals surface area contributed by atoms with Crippen molar-refractivity contribution in [3.63, 3.8) is 0 Å². The van der Waals surface area contributed by atoms with Gasteiger partial charge < -0.3 is 9.84 Å². The third-order valence-corrected chi connectivity index (χ3v) is 20.0. The minimum Gasteiger partial charge on any atom is -0.462 e. The van der Waals surface area contributed by atoms with Crippen molar-refractivity contribution in [2.45, 2.75) is 337 Å². The number of aliphatic hydroxyl groups excluding tert-OH is 1. The van der Waals surface area contributed by atoms with Crippen LogP contribution in [-0.2, 0) is 9.53 Å². The Labute approximate surface area is 443 Å². The molecule has 4 rings (SSSR count). The van der Waals surface area contributed by atoms with Crippen LogP contribution in [0.15, 0.2) is 17.4 Å². The number of hydrogen-bond donors (Lipinski definition) is 1. The Bertz CT molecular complexity index is 1390. The molecule has 0 amide bonds. The number of nitrogens with zero attached hydrogens (tertiary/aromatic N) is 1. The molecule has 71 heavy (non-hydrogen) atoms. The number of fused-ring (bicyclic) bond motifs is 5. The zero-order valence-electron chi connectivity index (χ0n) is 48.9. The van der Waals surface area contributed by atoms with Crippen molar-refractivity contribution in [3.8, 4) is 0 Å². The van der Waals surface area contributed by atoms with E-state index in [2.05, 4.69) is 65.2 Å². The summed E-state index contributed by atoms with van der Waals surface area (Å²) in [5, 5.41) is 10.2. The highest BCUT2D eigenvalue weighted by molar-refractivity contribution is 5.69. The van der Waals surface area contributed by atoms with Crippen LogP contribution in [0.2, 0.25) is 0 Å². The molecule has 0 spiro atoms. The van der Waals surface area contributed by atoms with Crippen LogP contribution in [0.25, 0.3) is 0 Å². The van der Waals surface area contributed by atoms with Gasteiger partial charge in [0.2, 0.25) is 0 Å². The predicted molar refractivity (Wildman–Crippen MR) is 308 cm³/mol. The summed E-state index contributed by atoms with van der Waals surface area (Å²) in [6, 6.07) is 0.577. The first-order valence-electron chi connectivity index (χ1n) is 32.6. The highest BCUT2D eigenvalue weighted by Gasteiger charge is 2.58. The Balaban J connectivity index is 1.16. The van der Waals surface area contributed by atoms with Crippen LogP contribution in [0.5, 0.6) is 0 Å². The van der Waals surface area contributed by atoms with Crippen LogP contribution in [0.4, 0.5) is 0 Å². The van der Waals surface area contributed by atoms with E-state index in [1.807, 2.05) is 0 Å². The summed E-state index contributed by atoms with van der Waals surface area (Å²) in [5.41, 5.74) is 6.04. The SMILES string of the molecule is CCCCCCCCCCCCCCCC(CCCCCCCCCCCCCCC)N(CCO)CCCCCC(=O)OC1CCC2(C)C(=C=CCC3C2CCC2(C)C(C(C)CCCC(C)C)CCC32)C1. The summed E-state index contributed by atoms with van der Waals surface area (Å²) in [4.78, 5) is 16.0. The molecule has 3 saturated carbocycles. The molecule has 0 aromatic rings. The lowest BCUT2D eigenvalue weighted by molar-refractivity contribution is -0.151. The maximum absolute atomic E-state index is 13.4. The van der Waals surface area contributed by atoms with Crippen LogP contribution in [0, 0.1) is 46.3 Å². The molecule has 3 fully saturated rings. The number of aliphatic hydroxyl groups is 1. The molecule has 0 aromatic carbocycles. The summed E-state index contributed by atoms with van der Waals surface area (Å²) in [7, 11) is 0. The van der Waals surface area contributed by atoms with Crippen molar-refractivity contribution in [1.82, 2.24) is 4.90 Å². The number of hydrogen-bond acceptors (Lipinski definition) is 4. The summed E-state index contributed by atoms with van der Waals surface area (Å²) in [6.45, 7) is 19.3. The molecule has 8 atom stereocenters. The lowest BCUT2D eigenvalue weighted by atomic mass is 9.49. The van der Waals surface area contributed by atoms with Gasteiger partial charge in [-0.1, -0.05) is 241 Å². The molecule has 4 nitrogen and oxygen atoms in total. The summed E-state index contributed by atoms with van der Waals surface area (Å²) in [6.07, 6.45) is 59.0. The lowest BCUT2D eigenvalue weighted by Gasteiger charge is -2.55. The van der Waals surface area contributed by atoms with Gasteiger partial charge in [-0.25, -0.2) is 0 Å². The van der Waals surface area contributed by atoms with E-state index in [4.69, 9.17) is 4.74 Å². The van der Waals surface area contributed by atoms with E-state index < -0.39 is 0 Å². The minimum absolute atomic E-state index is 0.00967. The molecule has 0 heterocycles. The molecule has 414 valence electrons. The highest BCUT2D eigenvalue weighted by Crippen LogP contribution is 2.66. The van der Waals surface area contributed by atoms with Crippen molar-refractivity contribution in [2.24, 2.45) is 46.3 Å². The van der Waals surface area contributed by atoms with Crippen LogP contribution < -0.4 is 0 Å². The van der Waals surface area contributed by atoms with Gasteiger partial charge in [0.25, 0.3) is 0 Å². The number of carbonyl (C=O) groups is 1. The second-order valence-corrected chi connectivity index (χ2v) is 26.0. The van der Waals surface area contributed by atoms with E-state index in [1.54, 1.807) is 0 Å². The van der Waals surface area contributed by atoms with E-state index in [-0.39, 0.29) is 24.1 Å². The fraction of sp³-hybridized carbons (Fsp3) is 0.940. The number of unbranched alkanes of at least 4 members (excludes halogenated alkanes) is 26. The number of carbonyl (C=O) groups excluding carboxylic acids is 1. The van der Waals surface area contributed by atoms with Gasteiger partial charge in [0.05, 0.1) is 6.61 Å². The van der Waals surface area contributed by atoms with Crippen molar-refractivity contribution >= 4 is 5.97 Å². The summed E-state index contributed by atoms with van der Waals surface area (Å²) in [5.74, 6) is 4.92. The first kappa shape index (κ1) is 62.4. The maximum atomic E-state index is 13.4. The third-order valence-electron chi connectivity index (χ3n) is 20.0. The standard InChI is InChI=1S/C67H123NO3/c1-8-10-12-14-16-18-20-22-24-26-28-30-33-42-59(43-34-31-29-27-25-23-21-19-17-15-13-11-9-2)68(53-54-69)52-36-32-35-45-65(70)71-60-48-50-66(6)58(55-60)41-38-44-61-63-47-46-62(57(5)40-37-39-56(3)4)67(63,7)51-49-64(61)66/h38,56-57,59-64,69H,8-37,39-40,42-55H2,1-7H3. The highest BCUT2D eigenvalue weighted by atomic mass is 16.5. The fourth-order valence-electron chi connectivity index (χ4n) is 15.6.